The molecule has 2 rings (SSSR count). The molecular formula is C18H21NO5. The maximum Gasteiger partial charge on any atom is 0.305 e. The number of carbonyl (C=O) groups is 1. The third kappa shape index (κ3) is 4.02. The second-order valence-corrected chi connectivity index (χ2v) is 5.12. The van der Waals surface area contributed by atoms with E-state index in [1.165, 1.54) is 14.2 Å². The molecule has 0 saturated carbocycles. The van der Waals surface area contributed by atoms with E-state index >= 15 is 0 Å². The summed E-state index contributed by atoms with van der Waals surface area (Å²) in [6.07, 6.45) is 0.859. The zero-order chi connectivity index (χ0) is 17.5. The SMILES string of the molecule is COC(=O)CCc1ccc(OC)c(-c2ccc(OC)nc2CO)c1. The molecule has 1 N–H and O–H groups in total. The third-order valence-corrected chi connectivity index (χ3v) is 3.71. The van der Waals surface area contributed by atoms with Gasteiger partial charge in [-0.1, -0.05) is 6.07 Å². The average molecular weight is 331 g/mol. The van der Waals surface area contributed by atoms with Crippen molar-refractivity contribution < 1.29 is 24.1 Å². The number of nitrogens with zero attached hydrogens (tertiary/aromatic N) is 1. The van der Waals surface area contributed by atoms with Crippen molar-refractivity contribution in [3.8, 4) is 22.8 Å². The van der Waals surface area contributed by atoms with Crippen LogP contribution in [0.3, 0.4) is 0 Å². The van der Waals surface area contributed by atoms with Crippen LogP contribution < -0.4 is 9.47 Å². The normalized spacial score (nSPS) is 10.3. The quantitative estimate of drug-likeness (QED) is 0.785. The predicted molar refractivity (Wildman–Crippen MR) is 89.0 cm³/mol. The maximum absolute atomic E-state index is 11.3. The summed E-state index contributed by atoms with van der Waals surface area (Å²) < 4.78 is 15.2. The van der Waals surface area contributed by atoms with Crippen LogP contribution in [-0.2, 0) is 22.6 Å². The molecule has 0 aliphatic carbocycles. The maximum atomic E-state index is 11.3. The smallest absolute Gasteiger partial charge is 0.305 e. The van der Waals surface area contributed by atoms with Crippen molar-refractivity contribution in [1.29, 1.82) is 0 Å². The van der Waals surface area contributed by atoms with Crippen LogP contribution in [0, 0.1) is 0 Å². The van der Waals surface area contributed by atoms with Gasteiger partial charge in [0.05, 0.1) is 33.6 Å². The molecule has 0 saturated heterocycles. The van der Waals surface area contributed by atoms with Gasteiger partial charge in [0, 0.05) is 23.6 Å². The van der Waals surface area contributed by atoms with Gasteiger partial charge in [0.25, 0.3) is 0 Å². The Morgan fingerprint density at radius 2 is 1.88 bits per heavy atom. The van der Waals surface area contributed by atoms with Gasteiger partial charge in [-0.05, 0) is 30.2 Å². The van der Waals surface area contributed by atoms with Gasteiger partial charge in [0.1, 0.15) is 5.75 Å². The number of ether oxygens (including phenoxy) is 3. The highest BCUT2D eigenvalue weighted by Crippen LogP contribution is 2.34. The minimum Gasteiger partial charge on any atom is -0.496 e. The second-order valence-electron chi connectivity index (χ2n) is 5.12. The first kappa shape index (κ1) is 17.7. The lowest BCUT2D eigenvalue weighted by atomic mass is 9.98. The summed E-state index contributed by atoms with van der Waals surface area (Å²) in [6, 6.07) is 9.24. The Kier molecular flexibility index (Phi) is 6.14. The fraction of sp³-hybridized carbons (Fsp3) is 0.333. The highest BCUT2D eigenvalue weighted by Gasteiger charge is 2.14. The monoisotopic (exact) mass is 331 g/mol. The first-order valence-corrected chi connectivity index (χ1v) is 7.51. The summed E-state index contributed by atoms with van der Waals surface area (Å²) in [5.74, 6) is 0.844. The molecule has 1 aromatic carbocycles. The fourth-order valence-electron chi connectivity index (χ4n) is 2.43. The summed E-state index contributed by atoms with van der Waals surface area (Å²) in [7, 11) is 4.48. The lowest BCUT2D eigenvalue weighted by Crippen LogP contribution is -2.03. The molecule has 0 aliphatic rings. The molecular weight excluding hydrogens is 310 g/mol. The van der Waals surface area contributed by atoms with Gasteiger partial charge in [0.15, 0.2) is 0 Å². The minimum absolute atomic E-state index is 0.220. The van der Waals surface area contributed by atoms with Gasteiger partial charge in [-0.25, -0.2) is 4.98 Å². The Morgan fingerprint density at radius 3 is 2.50 bits per heavy atom. The number of aliphatic hydroxyl groups is 1. The Morgan fingerprint density at radius 1 is 1.08 bits per heavy atom. The molecule has 0 aliphatic heterocycles. The Hall–Kier alpha value is -2.60. The van der Waals surface area contributed by atoms with Crippen LogP contribution >= 0.6 is 0 Å². The number of pyridine rings is 1. The number of aromatic nitrogens is 1. The molecule has 0 bridgehead atoms. The van der Waals surface area contributed by atoms with E-state index in [9.17, 15) is 9.90 Å². The van der Waals surface area contributed by atoms with Crippen molar-refractivity contribution in [1.82, 2.24) is 4.98 Å². The zero-order valence-electron chi connectivity index (χ0n) is 14.0. The molecule has 128 valence electrons. The summed E-state index contributed by atoms with van der Waals surface area (Å²) in [5.41, 5.74) is 3.03. The number of aliphatic hydroxyl groups excluding tert-OH is 1. The van der Waals surface area contributed by atoms with E-state index in [0.717, 1.165) is 16.7 Å². The van der Waals surface area contributed by atoms with Crippen LogP contribution in [0.25, 0.3) is 11.1 Å². The van der Waals surface area contributed by atoms with E-state index in [1.54, 1.807) is 13.2 Å². The van der Waals surface area contributed by atoms with E-state index in [4.69, 9.17) is 9.47 Å². The molecule has 6 heteroatoms. The molecule has 1 heterocycles. The van der Waals surface area contributed by atoms with E-state index in [-0.39, 0.29) is 12.6 Å². The number of hydrogen-bond acceptors (Lipinski definition) is 6. The molecule has 2 aromatic rings. The van der Waals surface area contributed by atoms with Gasteiger partial charge in [-0.3, -0.25) is 4.79 Å². The summed E-state index contributed by atoms with van der Waals surface area (Å²) >= 11 is 0. The largest absolute Gasteiger partial charge is 0.496 e. The van der Waals surface area contributed by atoms with Gasteiger partial charge < -0.3 is 19.3 Å². The third-order valence-electron chi connectivity index (χ3n) is 3.71. The van der Waals surface area contributed by atoms with Crippen molar-refractivity contribution in [3.63, 3.8) is 0 Å². The highest BCUT2D eigenvalue weighted by atomic mass is 16.5. The number of esters is 1. The van der Waals surface area contributed by atoms with Gasteiger partial charge in [-0.2, -0.15) is 0 Å². The Balaban J connectivity index is 2.42. The number of benzene rings is 1. The van der Waals surface area contributed by atoms with Crippen molar-refractivity contribution in [2.75, 3.05) is 21.3 Å². The van der Waals surface area contributed by atoms with Gasteiger partial charge in [-0.15, -0.1) is 0 Å². The average Bonchev–Trinajstić information content (AvgIpc) is 2.65. The number of carbonyl (C=O) groups excluding carboxylic acids is 1. The molecule has 0 unspecified atom stereocenters. The molecule has 0 fully saturated rings. The molecule has 0 amide bonds. The van der Waals surface area contributed by atoms with Crippen LogP contribution in [0.2, 0.25) is 0 Å². The number of aryl methyl sites for hydroxylation is 1. The molecule has 1 aromatic heterocycles. The van der Waals surface area contributed by atoms with E-state index in [2.05, 4.69) is 9.72 Å². The zero-order valence-corrected chi connectivity index (χ0v) is 14.0. The lowest BCUT2D eigenvalue weighted by molar-refractivity contribution is -0.140. The molecule has 0 atom stereocenters. The Labute approximate surface area is 141 Å². The van der Waals surface area contributed by atoms with Crippen molar-refractivity contribution in [2.24, 2.45) is 0 Å². The lowest BCUT2D eigenvalue weighted by Gasteiger charge is -2.14. The molecule has 6 nitrogen and oxygen atoms in total. The van der Waals surface area contributed by atoms with Crippen LogP contribution in [0.5, 0.6) is 11.6 Å². The van der Waals surface area contributed by atoms with Gasteiger partial charge >= 0.3 is 5.97 Å². The van der Waals surface area contributed by atoms with Crippen LogP contribution in [0.15, 0.2) is 30.3 Å². The first-order valence-electron chi connectivity index (χ1n) is 7.51. The second kappa shape index (κ2) is 8.31. The van der Waals surface area contributed by atoms with Crippen LogP contribution in [0.1, 0.15) is 17.7 Å². The van der Waals surface area contributed by atoms with E-state index < -0.39 is 0 Å². The summed E-state index contributed by atoms with van der Waals surface area (Å²) in [4.78, 5) is 15.6. The highest BCUT2D eigenvalue weighted by molar-refractivity contribution is 5.74. The molecule has 24 heavy (non-hydrogen) atoms. The van der Waals surface area contributed by atoms with Crippen LogP contribution in [-0.4, -0.2) is 37.4 Å². The van der Waals surface area contributed by atoms with E-state index in [0.29, 0.717) is 30.2 Å². The van der Waals surface area contributed by atoms with Crippen LogP contribution in [0.4, 0.5) is 0 Å². The van der Waals surface area contributed by atoms with Gasteiger partial charge in [0.2, 0.25) is 5.88 Å². The topological polar surface area (TPSA) is 77.9 Å². The standard InChI is InChI=1S/C18H21NO5/c1-22-16-7-4-12(5-9-18(21)24-3)10-14(16)13-6-8-17(23-2)19-15(13)11-20/h4,6-8,10,20H,5,9,11H2,1-3H3. The summed E-state index contributed by atoms with van der Waals surface area (Å²) in [6.45, 7) is -0.220. The number of methoxy groups -OCH3 is 3. The van der Waals surface area contributed by atoms with Crippen molar-refractivity contribution >= 4 is 5.97 Å². The first-order chi connectivity index (χ1) is 11.6. The minimum atomic E-state index is -0.255. The number of rotatable bonds is 7. The van der Waals surface area contributed by atoms with Crippen molar-refractivity contribution in [2.45, 2.75) is 19.4 Å². The van der Waals surface area contributed by atoms with Crippen molar-refractivity contribution in [3.05, 3.63) is 41.6 Å². The summed E-state index contributed by atoms with van der Waals surface area (Å²) in [5, 5.41) is 9.62. The predicted octanol–water partition coefficient (Wildman–Crippen LogP) is 2.36. The molecule has 0 radical (unpaired) electrons. The number of hydrogen-bond donors (Lipinski definition) is 1. The Bertz CT molecular complexity index is 715. The van der Waals surface area contributed by atoms with E-state index in [1.807, 2.05) is 24.3 Å². The fourth-order valence-corrected chi connectivity index (χ4v) is 2.43. The molecule has 0 spiro atoms.